The first kappa shape index (κ1) is 29.5. The van der Waals surface area contributed by atoms with Gasteiger partial charge in [-0.1, -0.05) is 24.3 Å². The predicted molar refractivity (Wildman–Crippen MR) is 171 cm³/mol. The lowest BCUT2D eigenvalue weighted by atomic mass is 9.92. The van der Waals surface area contributed by atoms with Crippen LogP contribution >= 0.6 is 0 Å². The summed E-state index contributed by atoms with van der Waals surface area (Å²) in [6, 6.07) is 19.5. The number of primary amides is 1. The van der Waals surface area contributed by atoms with Crippen molar-refractivity contribution in [3.63, 3.8) is 0 Å². The molecule has 7 N–H and O–H groups in total. The Bertz CT molecular complexity index is 1980. The van der Waals surface area contributed by atoms with Gasteiger partial charge in [0.05, 0.1) is 11.1 Å². The molecule has 228 valence electrons. The largest absolute Gasteiger partial charge is 0.366 e. The summed E-state index contributed by atoms with van der Waals surface area (Å²) in [5, 5.41) is 7.29. The number of halogens is 1. The fraction of sp³-hybridized carbons (Fsp3) is 0.176. The number of amides is 4. The van der Waals surface area contributed by atoms with Gasteiger partial charge in [0.25, 0.3) is 11.8 Å². The molecular weight excluding hydrogens is 575 g/mol. The smallest absolute Gasteiger partial charge is 0.255 e. The molecule has 0 atom stereocenters. The third kappa shape index (κ3) is 5.85. The molecule has 2 heterocycles. The molecule has 11 heteroatoms. The van der Waals surface area contributed by atoms with Crippen molar-refractivity contribution in [2.45, 2.75) is 25.8 Å². The van der Waals surface area contributed by atoms with Gasteiger partial charge in [-0.3, -0.25) is 19.2 Å². The Morgan fingerprint density at radius 2 is 1.76 bits per heavy atom. The first-order chi connectivity index (χ1) is 21.7. The Morgan fingerprint density at radius 1 is 0.956 bits per heavy atom. The van der Waals surface area contributed by atoms with E-state index in [1.807, 2.05) is 12.1 Å². The van der Waals surface area contributed by atoms with Gasteiger partial charge in [-0.15, -0.1) is 0 Å². The second-order valence-electron chi connectivity index (χ2n) is 10.9. The Kier molecular flexibility index (Phi) is 8.01. The quantitative estimate of drug-likeness (QED) is 0.161. The molecule has 0 radical (unpaired) electrons. The average Bonchev–Trinajstić information content (AvgIpc) is 3.62. The number of nitrogens with two attached hydrogens (primary N) is 2. The standard InChI is InChI=1S/C34H31FN6O4/c35-20-8-6-19(7-9-20)34(45)40-27-4-1-3-22(26(27)18-36)23-12-13-25(33(37)44)32-31(23)24-11-10-21(17-28(24)39-32)38-29(42)14-16-41-15-2-5-30(41)43/h1,3-4,6-13,17,39H,2,5,14-16,18,36H2,(H2,37,44)(H,38,42)(H,40,45). The SMILES string of the molecule is NCc1c(NC(=O)c2ccc(F)cc2)cccc1-c1ccc(C(N)=O)c2[nH]c3cc(NC(=O)CCN4CCCC4=O)ccc3c12. The van der Waals surface area contributed by atoms with Crippen LogP contribution in [-0.2, 0) is 16.1 Å². The van der Waals surface area contributed by atoms with Crippen LogP contribution in [0.5, 0.6) is 0 Å². The van der Waals surface area contributed by atoms with E-state index in [-0.39, 0.29) is 24.8 Å². The predicted octanol–water partition coefficient (Wildman–Crippen LogP) is 4.89. The zero-order valence-electron chi connectivity index (χ0n) is 24.3. The van der Waals surface area contributed by atoms with Crippen LogP contribution < -0.4 is 22.1 Å². The van der Waals surface area contributed by atoms with Crippen LogP contribution in [0.15, 0.2) is 72.8 Å². The lowest BCUT2D eigenvalue weighted by molar-refractivity contribution is -0.128. The summed E-state index contributed by atoms with van der Waals surface area (Å²) >= 11 is 0. The highest BCUT2D eigenvalue weighted by Crippen LogP contribution is 2.40. The molecule has 1 aliphatic heterocycles. The van der Waals surface area contributed by atoms with Gasteiger partial charge < -0.3 is 32.0 Å². The van der Waals surface area contributed by atoms with Gasteiger partial charge in [-0.05, 0) is 71.6 Å². The first-order valence-corrected chi connectivity index (χ1v) is 14.6. The van der Waals surface area contributed by atoms with Gasteiger partial charge in [0.15, 0.2) is 0 Å². The van der Waals surface area contributed by atoms with Crippen molar-refractivity contribution in [1.29, 1.82) is 0 Å². The molecule has 6 rings (SSSR count). The number of hydrogen-bond acceptors (Lipinski definition) is 5. The molecule has 5 aromatic rings. The van der Waals surface area contributed by atoms with Crippen LogP contribution in [0.25, 0.3) is 32.9 Å². The van der Waals surface area contributed by atoms with Gasteiger partial charge in [-0.2, -0.15) is 0 Å². The summed E-state index contributed by atoms with van der Waals surface area (Å²) in [4.78, 5) is 55.0. The molecule has 1 saturated heterocycles. The zero-order chi connectivity index (χ0) is 31.7. The molecule has 1 fully saturated rings. The van der Waals surface area contributed by atoms with Crippen LogP contribution in [0, 0.1) is 5.82 Å². The number of carbonyl (C=O) groups excluding carboxylic acids is 4. The lowest BCUT2D eigenvalue weighted by Crippen LogP contribution is -2.28. The van der Waals surface area contributed by atoms with E-state index in [0.29, 0.717) is 58.6 Å². The van der Waals surface area contributed by atoms with Gasteiger partial charge in [0, 0.05) is 65.7 Å². The van der Waals surface area contributed by atoms with Crippen molar-refractivity contribution in [2.24, 2.45) is 11.5 Å². The van der Waals surface area contributed by atoms with Crippen LogP contribution in [0.4, 0.5) is 15.8 Å². The number of aromatic amines is 1. The van der Waals surface area contributed by atoms with E-state index in [1.165, 1.54) is 24.3 Å². The normalized spacial score (nSPS) is 13.0. The summed E-state index contributed by atoms with van der Waals surface area (Å²) in [6.45, 7) is 1.14. The van der Waals surface area contributed by atoms with Crippen LogP contribution in [0.2, 0.25) is 0 Å². The van der Waals surface area contributed by atoms with E-state index in [9.17, 15) is 23.6 Å². The Hall–Kier alpha value is -5.55. The Morgan fingerprint density at radius 3 is 2.47 bits per heavy atom. The third-order valence-corrected chi connectivity index (χ3v) is 8.11. The minimum absolute atomic E-state index is 0.0712. The Labute approximate surface area is 257 Å². The van der Waals surface area contributed by atoms with Gasteiger partial charge >= 0.3 is 0 Å². The van der Waals surface area contributed by atoms with E-state index in [2.05, 4.69) is 15.6 Å². The van der Waals surface area contributed by atoms with Gasteiger partial charge in [0.1, 0.15) is 5.82 Å². The van der Waals surface area contributed by atoms with E-state index < -0.39 is 17.6 Å². The fourth-order valence-corrected chi connectivity index (χ4v) is 5.89. The highest BCUT2D eigenvalue weighted by atomic mass is 19.1. The fourth-order valence-electron chi connectivity index (χ4n) is 5.89. The van der Waals surface area contributed by atoms with Crippen molar-refractivity contribution >= 4 is 56.8 Å². The van der Waals surface area contributed by atoms with Gasteiger partial charge in [-0.25, -0.2) is 4.39 Å². The monoisotopic (exact) mass is 606 g/mol. The number of anilines is 2. The number of nitrogens with zero attached hydrogens (tertiary/aromatic N) is 1. The van der Waals surface area contributed by atoms with Crippen molar-refractivity contribution in [1.82, 2.24) is 9.88 Å². The molecule has 4 amide bonds. The third-order valence-electron chi connectivity index (χ3n) is 8.11. The van der Waals surface area contributed by atoms with Crippen molar-refractivity contribution in [3.8, 4) is 11.1 Å². The lowest BCUT2D eigenvalue weighted by Gasteiger charge is -2.16. The van der Waals surface area contributed by atoms with Crippen LogP contribution in [0.1, 0.15) is 45.5 Å². The summed E-state index contributed by atoms with van der Waals surface area (Å²) in [5.41, 5.74) is 17.0. The number of benzene rings is 4. The first-order valence-electron chi connectivity index (χ1n) is 14.6. The minimum Gasteiger partial charge on any atom is -0.366 e. The number of rotatable bonds is 9. The second kappa shape index (κ2) is 12.2. The maximum atomic E-state index is 13.4. The second-order valence-corrected chi connectivity index (χ2v) is 10.9. The maximum Gasteiger partial charge on any atom is 0.255 e. The van der Waals surface area contributed by atoms with E-state index in [0.717, 1.165) is 28.3 Å². The molecule has 4 aromatic carbocycles. The molecule has 1 aliphatic rings. The highest BCUT2D eigenvalue weighted by molar-refractivity contribution is 6.20. The molecular formula is C34H31FN6O4. The summed E-state index contributed by atoms with van der Waals surface area (Å²) in [6.07, 6.45) is 1.52. The number of carbonyl (C=O) groups is 4. The highest BCUT2D eigenvalue weighted by Gasteiger charge is 2.22. The number of hydrogen-bond donors (Lipinski definition) is 5. The minimum atomic E-state index is -0.609. The van der Waals surface area contributed by atoms with Crippen molar-refractivity contribution in [2.75, 3.05) is 23.7 Å². The zero-order valence-corrected chi connectivity index (χ0v) is 24.3. The van der Waals surface area contributed by atoms with Crippen molar-refractivity contribution < 1.29 is 23.6 Å². The van der Waals surface area contributed by atoms with Crippen LogP contribution in [-0.4, -0.2) is 46.6 Å². The molecule has 0 aliphatic carbocycles. The van der Waals surface area contributed by atoms with Crippen molar-refractivity contribution in [3.05, 3.63) is 95.3 Å². The number of aromatic nitrogens is 1. The molecule has 0 spiro atoms. The number of fused-ring (bicyclic) bond motifs is 3. The van der Waals surface area contributed by atoms with E-state index >= 15 is 0 Å². The molecule has 10 nitrogen and oxygen atoms in total. The molecule has 1 aromatic heterocycles. The summed E-state index contributed by atoms with van der Waals surface area (Å²) in [5.74, 6) is -1.60. The summed E-state index contributed by atoms with van der Waals surface area (Å²) in [7, 11) is 0. The number of likely N-dealkylation sites (tertiary alicyclic amines) is 1. The molecule has 0 saturated carbocycles. The molecule has 0 unspecified atom stereocenters. The number of H-pyrrole nitrogens is 1. The van der Waals surface area contributed by atoms with E-state index in [4.69, 9.17) is 11.5 Å². The molecule has 45 heavy (non-hydrogen) atoms. The van der Waals surface area contributed by atoms with Crippen LogP contribution in [0.3, 0.4) is 0 Å². The summed E-state index contributed by atoms with van der Waals surface area (Å²) < 4.78 is 13.4. The molecule has 0 bridgehead atoms. The average molecular weight is 607 g/mol. The van der Waals surface area contributed by atoms with E-state index in [1.54, 1.807) is 41.3 Å². The maximum absolute atomic E-state index is 13.4. The number of nitrogens with one attached hydrogen (secondary N) is 3. The Balaban J connectivity index is 1.36. The topological polar surface area (TPSA) is 163 Å². The van der Waals surface area contributed by atoms with Gasteiger partial charge in [0.2, 0.25) is 11.8 Å².